The summed E-state index contributed by atoms with van der Waals surface area (Å²) in [5.74, 6) is 1.30. The molecule has 1 aliphatic rings. The van der Waals surface area contributed by atoms with E-state index in [-0.39, 0.29) is 11.1 Å². The number of halogens is 3. The Labute approximate surface area is 82.7 Å². The highest BCUT2D eigenvalue weighted by Gasteiger charge is 2.37. The Kier molecular flexibility index (Phi) is 3.10. The smallest absolute Gasteiger partial charge is 0.277 e. The van der Waals surface area contributed by atoms with Crippen LogP contribution < -0.4 is 0 Å². The van der Waals surface area contributed by atoms with E-state index < -0.39 is 12.5 Å². The molecule has 0 fully saturated rings. The average Bonchev–Trinajstić information content (AvgIpc) is 2.16. The van der Waals surface area contributed by atoms with E-state index in [0.29, 0.717) is 0 Å². The summed E-state index contributed by atoms with van der Waals surface area (Å²) in [6, 6.07) is 1.53. The zero-order valence-corrected chi connectivity index (χ0v) is 7.21. The lowest BCUT2D eigenvalue weighted by Crippen LogP contribution is -2.27. The maximum Gasteiger partial charge on any atom is 0.523 e. The van der Waals surface area contributed by atoms with Crippen LogP contribution in [0, 0.1) is 11.3 Å². The molecule has 0 N–H and O–H groups in total. The van der Waals surface area contributed by atoms with Crippen molar-refractivity contribution in [2.24, 2.45) is 0 Å². The third-order valence-electron chi connectivity index (χ3n) is 1.61. The molecule has 0 saturated carbocycles. The lowest BCUT2D eigenvalue weighted by Gasteiger charge is -2.19. The summed E-state index contributed by atoms with van der Waals surface area (Å²) in [7, 11) is 0. The van der Waals surface area contributed by atoms with Crippen LogP contribution in [0.2, 0.25) is 0 Å². The SMILES string of the molecule is N#CC1=CC=CC(=C=O)C1OC(F)(F)F. The van der Waals surface area contributed by atoms with E-state index in [0.717, 1.165) is 12.2 Å². The van der Waals surface area contributed by atoms with Crippen molar-refractivity contribution in [3.63, 3.8) is 0 Å². The highest BCUT2D eigenvalue weighted by Crippen LogP contribution is 2.27. The van der Waals surface area contributed by atoms with Crippen LogP contribution in [0.15, 0.2) is 29.4 Å². The number of alkyl halides is 3. The van der Waals surface area contributed by atoms with Crippen molar-refractivity contribution in [2.75, 3.05) is 0 Å². The molecule has 0 aliphatic heterocycles. The lowest BCUT2D eigenvalue weighted by molar-refractivity contribution is -0.332. The molecule has 1 aliphatic carbocycles. The van der Waals surface area contributed by atoms with Gasteiger partial charge in [0.05, 0.1) is 17.2 Å². The Morgan fingerprint density at radius 2 is 2.13 bits per heavy atom. The van der Waals surface area contributed by atoms with Crippen molar-refractivity contribution in [3.05, 3.63) is 29.4 Å². The molecule has 0 amide bonds. The minimum atomic E-state index is -4.91. The van der Waals surface area contributed by atoms with E-state index in [4.69, 9.17) is 5.26 Å². The van der Waals surface area contributed by atoms with Crippen LogP contribution in [0.4, 0.5) is 13.2 Å². The van der Waals surface area contributed by atoms with Crippen LogP contribution >= 0.6 is 0 Å². The molecule has 1 rings (SSSR count). The maximum atomic E-state index is 11.9. The van der Waals surface area contributed by atoms with Crippen molar-refractivity contribution in [3.8, 4) is 6.07 Å². The van der Waals surface area contributed by atoms with Crippen LogP contribution in [-0.4, -0.2) is 18.4 Å². The largest absolute Gasteiger partial charge is 0.523 e. The number of nitrogens with zero attached hydrogens (tertiary/aromatic N) is 1. The molecule has 0 bridgehead atoms. The first-order valence-electron chi connectivity index (χ1n) is 3.76. The highest BCUT2D eigenvalue weighted by atomic mass is 19.4. The van der Waals surface area contributed by atoms with E-state index in [9.17, 15) is 18.0 Å². The maximum absolute atomic E-state index is 11.9. The fraction of sp³-hybridized carbons (Fsp3) is 0.222. The summed E-state index contributed by atoms with van der Waals surface area (Å²) in [6.07, 6.45) is -3.07. The highest BCUT2D eigenvalue weighted by molar-refractivity contribution is 5.64. The second-order valence-corrected chi connectivity index (χ2v) is 2.59. The molecule has 0 saturated heterocycles. The topological polar surface area (TPSA) is 50.1 Å². The Hall–Kier alpha value is -1.83. The fourth-order valence-electron chi connectivity index (χ4n) is 1.04. The van der Waals surface area contributed by atoms with Gasteiger partial charge in [-0.05, 0) is 12.2 Å². The van der Waals surface area contributed by atoms with Gasteiger partial charge < -0.3 is 0 Å². The third-order valence-corrected chi connectivity index (χ3v) is 1.61. The molecule has 1 atom stereocenters. The van der Waals surface area contributed by atoms with Crippen molar-refractivity contribution in [1.82, 2.24) is 0 Å². The van der Waals surface area contributed by atoms with Gasteiger partial charge in [-0.15, -0.1) is 13.2 Å². The molecule has 3 nitrogen and oxygen atoms in total. The monoisotopic (exact) mass is 215 g/mol. The third kappa shape index (κ3) is 2.81. The van der Waals surface area contributed by atoms with Crippen LogP contribution in [0.3, 0.4) is 0 Å². The molecule has 0 aromatic carbocycles. The Balaban J connectivity index is 3.02. The summed E-state index contributed by atoms with van der Waals surface area (Å²) in [6.45, 7) is 0. The van der Waals surface area contributed by atoms with Gasteiger partial charge in [0.2, 0.25) is 0 Å². The molecular formula is C9H4F3NO2. The molecule has 15 heavy (non-hydrogen) atoms. The molecule has 6 heteroatoms. The quantitative estimate of drug-likeness (QED) is 0.625. The van der Waals surface area contributed by atoms with Crippen molar-refractivity contribution in [1.29, 1.82) is 5.26 Å². The summed E-state index contributed by atoms with van der Waals surface area (Å²) in [5.41, 5.74) is -0.639. The van der Waals surface area contributed by atoms with Gasteiger partial charge in [-0.2, -0.15) is 5.26 Å². The lowest BCUT2D eigenvalue weighted by atomic mass is 9.98. The number of carbonyl (C=O) groups excluding carboxylic acids is 1. The predicted octanol–water partition coefficient (Wildman–Crippen LogP) is 1.67. The molecule has 78 valence electrons. The molecule has 0 radical (unpaired) electrons. The number of allylic oxidation sites excluding steroid dienone is 2. The van der Waals surface area contributed by atoms with Gasteiger partial charge in [0.15, 0.2) is 0 Å². The average molecular weight is 215 g/mol. The van der Waals surface area contributed by atoms with E-state index in [2.05, 4.69) is 4.74 Å². The Bertz CT molecular complexity index is 408. The fourth-order valence-corrected chi connectivity index (χ4v) is 1.04. The van der Waals surface area contributed by atoms with Crippen LogP contribution in [0.25, 0.3) is 0 Å². The zero-order chi connectivity index (χ0) is 11.5. The van der Waals surface area contributed by atoms with E-state index in [1.54, 1.807) is 0 Å². The van der Waals surface area contributed by atoms with Crippen molar-refractivity contribution < 1.29 is 22.7 Å². The van der Waals surface area contributed by atoms with Gasteiger partial charge in [0.25, 0.3) is 0 Å². The predicted molar refractivity (Wildman–Crippen MR) is 43.0 cm³/mol. The first kappa shape index (κ1) is 11.2. The molecule has 0 spiro atoms. The second-order valence-electron chi connectivity index (χ2n) is 2.59. The van der Waals surface area contributed by atoms with E-state index >= 15 is 0 Å². The second kappa shape index (κ2) is 4.13. The number of rotatable bonds is 1. The van der Waals surface area contributed by atoms with Crippen molar-refractivity contribution in [2.45, 2.75) is 12.5 Å². The van der Waals surface area contributed by atoms with E-state index in [1.807, 2.05) is 0 Å². The van der Waals surface area contributed by atoms with Gasteiger partial charge in [-0.25, -0.2) is 4.79 Å². The van der Waals surface area contributed by atoms with E-state index in [1.165, 1.54) is 18.1 Å². The molecule has 0 heterocycles. The standard InChI is InChI=1S/C9H4F3NO2/c10-9(11,12)15-8-6(4-13)2-1-3-7(8)5-14/h1-3,8H. The first-order valence-corrected chi connectivity index (χ1v) is 3.76. The molecule has 0 aromatic rings. The van der Waals surface area contributed by atoms with Crippen LogP contribution in [0.1, 0.15) is 0 Å². The van der Waals surface area contributed by atoms with Gasteiger partial charge in [-0.3, -0.25) is 4.74 Å². The number of nitriles is 1. The minimum Gasteiger partial charge on any atom is -0.277 e. The van der Waals surface area contributed by atoms with Gasteiger partial charge in [-0.1, -0.05) is 6.08 Å². The van der Waals surface area contributed by atoms with Crippen LogP contribution in [0.5, 0.6) is 0 Å². The summed E-state index contributed by atoms with van der Waals surface area (Å²) >= 11 is 0. The van der Waals surface area contributed by atoms with Crippen LogP contribution in [-0.2, 0) is 9.53 Å². The molecular weight excluding hydrogens is 211 g/mol. The number of hydrogen-bond donors (Lipinski definition) is 0. The minimum absolute atomic E-state index is 0.284. The number of ether oxygens (including phenoxy) is 1. The summed E-state index contributed by atoms with van der Waals surface area (Å²) in [4.78, 5) is 10.3. The zero-order valence-electron chi connectivity index (χ0n) is 7.21. The van der Waals surface area contributed by atoms with Gasteiger partial charge in [0, 0.05) is 0 Å². The first-order chi connectivity index (χ1) is 6.98. The van der Waals surface area contributed by atoms with Crippen molar-refractivity contribution >= 4 is 5.94 Å². The Morgan fingerprint density at radius 3 is 2.60 bits per heavy atom. The molecule has 1 unspecified atom stereocenters. The summed E-state index contributed by atoms with van der Waals surface area (Å²) < 4.78 is 39.4. The van der Waals surface area contributed by atoms with Gasteiger partial charge in [0.1, 0.15) is 12.0 Å². The van der Waals surface area contributed by atoms with Gasteiger partial charge >= 0.3 is 6.36 Å². The Morgan fingerprint density at radius 1 is 1.47 bits per heavy atom. The molecule has 0 aromatic heterocycles. The summed E-state index contributed by atoms with van der Waals surface area (Å²) in [5, 5.41) is 8.53. The normalized spacial score (nSPS) is 20.5. The number of hydrogen-bond acceptors (Lipinski definition) is 3.